The van der Waals surface area contributed by atoms with Gasteiger partial charge in [-0.15, -0.1) is 24.0 Å². The van der Waals surface area contributed by atoms with Crippen LogP contribution in [0.25, 0.3) is 0 Å². The van der Waals surface area contributed by atoms with Crippen LogP contribution in [0.2, 0.25) is 5.02 Å². The fourth-order valence-electron chi connectivity index (χ4n) is 2.53. The first-order valence-electron chi connectivity index (χ1n) is 9.03. The van der Waals surface area contributed by atoms with E-state index in [0.717, 1.165) is 12.1 Å². The Morgan fingerprint density at radius 1 is 1.17 bits per heavy atom. The lowest BCUT2D eigenvalue weighted by molar-refractivity contribution is 0.328. The van der Waals surface area contributed by atoms with Crippen LogP contribution in [0, 0.1) is 0 Å². The summed E-state index contributed by atoms with van der Waals surface area (Å²) in [5, 5.41) is 7.24. The summed E-state index contributed by atoms with van der Waals surface area (Å²) >= 11 is 6.26. The van der Waals surface area contributed by atoms with Gasteiger partial charge < -0.3 is 15.4 Å². The van der Waals surface area contributed by atoms with E-state index in [-0.39, 0.29) is 34.9 Å². The van der Waals surface area contributed by atoms with Gasteiger partial charge in [-0.1, -0.05) is 29.8 Å². The van der Waals surface area contributed by atoms with E-state index < -0.39 is 9.84 Å². The van der Waals surface area contributed by atoms with Crippen molar-refractivity contribution in [1.29, 1.82) is 0 Å². The van der Waals surface area contributed by atoms with E-state index in [9.17, 15) is 8.42 Å². The average Bonchev–Trinajstić information content (AvgIpc) is 2.65. The number of sulfone groups is 1. The second kappa shape index (κ2) is 12.2. The number of halogens is 2. The van der Waals surface area contributed by atoms with Crippen molar-refractivity contribution in [3.63, 3.8) is 0 Å². The summed E-state index contributed by atoms with van der Waals surface area (Å²) in [7, 11) is -3.20. The zero-order valence-electron chi connectivity index (χ0n) is 16.7. The predicted octanol–water partition coefficient (Wildman–Crippen LogP) is 4.06. The molecule has 0 amide bonds. The number of aliphatic imine (C=N–C) groups is 1. The van der Waals surface area contributed by atoms with E-state index >= 15 is 0 Å². The molecule has 2 rings (SSSR count). The normalized spacial score (nSPS) is 12.6. The van der Waals surface area contributed by atoms with Crippen LogP contribution in [0.4, 0.5) is 0 Å². The lowest BCUT2D eigenvalue weighted by atomic mass is 10.1. The second-order valence-electron chi connectivity index (χ2n) is 6.24. The third kappa shape index (κ3) is 8.39. The van der Waals surface area contributed by atoms with Gasteiger partial charge in [-0.2, -0.15) is 0 Å². The van der Waals surface area contributed by atoms with Crippen LogP contribution in [0.15, 0.2) is 58.4 Å². The monoisotopic (exact) mass is 551 g/mol. The number of hydrogen-bond donors (Lipinski definition) is 2. The van der Waals surface area contributed by atoms with Crippen molar-refractivity contribution >= 4 is 51.4 Å². The maximum Gasteiger partial charge on any atom is 0.191 e. The largest absolute Gasteiger partial charge is 0.492 e. The minimum Gasteiger partial charge on any atom is -0.492 e. The smallest absolute Gasteiger partial charge is 0.191 e. The molecule has 6 nitrogen and oxygen atoms in total. The maximum absolute atomic E-state index is 11.5. The Morgan fingerprint density at radius 3 is 2.41 bits per heavy atom. The van der Waals surface area contributed by atoms with Crippen molar-refractivity contribution in [3.8, 4) is 5.75 Å². The topological polar surface area (TPSA) is 79.8 Å². The molecule has 0 saturated carbocycles. The summed E-state index contributed by atoms with van der Waals surface area (Å²) in [4.78, 5) is 4.78. The summed E-state index contributed by atoms with van der Waals surface area (Å²) in [5.74, 6) is 1.27. The van der Waals surface area contributed by atoms with E-state index in [1.807, 2.05) is 38.1 Å². The molecule has 0 heterocycles. The first-order chi connectivity index (χ1) is 13.3. The van der Waals surface area contributed by atoms with Gasteiger partial charge in [0.05, 0.1) is 17.5 Å². The van der Waals surface area contributed by atoms with Crippen molar-refractivity contribution in [3.05, 3.63) is 59.1 Å². The standard InChI is InChI=1S/C20H26ClN3O3S.HI/c1-4-22-20(24-15(2)18-7-5-6-8-19(18)21)23-13-14-27-16-9-11-17(12-10-16)28(3,25)26;/h5-12,15H,4,13-14H2,1-3H3,(H2,22,23,24);1H. The van der Waals surface area contributed by atoms with Crippen molar-refractivity contribution in [1.82, 2.24) is 10.6 Å². The van der Waals surface area contributed by atoms with Crippen LogP contribution in [0.3, 0.4) is 0 Å². The predicted molar refractivity (Wildman–Crippen MR) is 129 cm³/mol. The highest BCUT2D eigenvalue weighted by Gasteiger charge is 2.10. The SMILES string of the molecule is CCNC(=NCCOc1ccc(S(C)(=O)=O)cc1)NC(C)c1ccccc1Cl.I. The molecule has 0 aliphatic heterocycles. The molecule has 0 spiro atoms. The molecular formula is C20H27ClIN3O3S. The Morgan fingerprint density at radius 2 is 1.83 bits per heavy atom. The summed E-state index contributed by atoms with van der Waals surface area (Å²) in [6, 6.07) is 14.0. The molecule has 2 aromatic carbocycles. The first kappa shape index (κ1) is 25.5. The number of guanidine groups is 1. The minimum absolute atomic E-state index is 0. The lowest BCUT2D eigenvalue weighted by Crippen LogP contribution is -2.39. The van der Waals surface area contributed by atoms with Gasteiger partial charge in [0, 0.05) is 17.8 Å². The molecule has 9 heteroatoms. The number of rotatable bonds is 8. The van der Waals surface area contributed by atoms with Crippen molar-refractivity contribution in [2.75, 3.05) is 26.0 Å². The first-order valence-corrected chi connectivity index (χ1v) is 11.3. The highest BCUT2D eigenvalue weighted by Crippen LogP contribution is 2.22. The van der Waals surface area contributed by atoms with Crippen molar-refractivity contribution < 1.29 is 13.2 Å². The quantitative estimate of drug-likeness (QED) is 0.224. The molecule has 0 bridgehead atoms. The van der Waals surface area contributed by atoms with E-state index in [0.29, 0.717) is 29.9 Å². The van der Waals surface area contributed by atoms with Crippen LogP contribution < -0.4 is 15.4 Å². The number of ether oxygens (including phenoxy) is 1. The Bertz CT molecular complexity index is 905. The molecule has 0 aliphatic carbocycles. The average molecular weight is 552 g/mol. The molecule has 2 N–H and O–H groups in total. The molecule has 160 valence electrons. The van der Waals surface area contributed by atoms with E-state index in [4.69, 9.17) is 16.3 Å². The highest BCUT2D eigenvalue weighted by molar-refractivity contribution is 14.0. The molecule has 29 heavy (non-hydrogen) atoms. The van der Waals surface area contributed by atoms with Crippen LogP contribution in [-0.4, -0.2) is 40.3 Å². The highest BCUT2D eigenvalue weighted by atomic mass is 127. The van der Waals surface area contributed by atoms with E-state index in [2.05, 4.69) is 15.6 Å². The molecule has 0 aliphatic rings. The number of nitrogens with one attached hydrogen (secondary N) is 2. The zero-order valence-corrected chi connectivity index (χ0v) is 20.6. The fourth-order valence-corrected chi connectivity index (χ4v) is 3.46. The third-order valence-electron chi connectivity index (χ3n) is 3.95. The molecule has 2 aromatic rings. The number of benzene rings is 2. The minimum atomic E-state index is -3.20. The van der Waals surface area contributed by atoms with Crippen LogP contribution in [0.1, 0.15) is 25.5 Å². The van der Waals surface area contributed by atoms with Crippen molar-refractivity contribution in [2.45, 2.75) is 24.8 Å². The van der Waals surface area contributed by atoms with E-state index in [1.165, 1.54) is 18.4 Å². The molecule has 0 saturated heterocycles. The van der Waals surface area contributed by atoms with Gasteiger partial charge >= 0.3 is 0 Å². The zero-order chi connectivity index (χ0) is 20.6. The number of nitrogens with zero attached hydrogens (tertiary/aromatic N) is 1. The molecule has 0 radical (unpaired) electrons. The van der Waals surface area contributed by atoms with Crippen molar-refractivity contribution in [2.24, 2.45) is 4.99 Å². The molecule has 1 unspecified atom stereocenters. The Kier molecular flexibility index (Phi) is 10.8. The van der Waals surface area contributed by atoms with Crippen LogP contribution >= 0.6 is 35.6 Å². The molecule has 0 fully saturated rings. The summed E-state index contributed by atoms with van der Waals surface area (Å²) < 4.78 is 28.6. The number of hydrogen-bond acceptors (Lipinski definition) is 4. The molecule has 0 aromatic heterocycles. The Balaban J connectivity index is 0.00000420. The molecular weight excluding hydrogens is 525 g/mol. The van der Waals surface area contributed by atoms with Crippen LogP contribution in [-0.2, 0) is 9.84 Å². The van der Waals surface area contributed by atoms with Gasteiger partial charge in [-0.3, -0.25) is 0 Å². The third-order valence-corrected chi connectivity index (χ3v) is 5.42. The van der Waals surface area contributed by atoms with Crippen LogP contribution in [0.5, 0.6) is 5.75 Å². The van der Waals surface area contributed by atoms with Gasteiger partial charge in [0.2, 0.25) is 0 Å². The maximum atomic E-state index is 11.5. The summed E-state index contributed by atoms with van der Waals surface area (Å²) in [6.45, 7) is 5.56. The molecule has 1 atom stereocenters. The second-order valence-corrected chi connectivity index (χ2v) is 8.66. The van der Waals surface area contributed by atoms with Gasteiger partial charge in [-0.25, -0.2) is 13.4 Å². The Labute approximate surface area is 195 Å². The summed E-state index contributed by atoms with van der Waals surface area (Å²) in [6.07, 6.45) is 1.18. The fraction of sp³-hybridized carbons (Fsp3) is 0.350. The van der Waals surface area contributed by atoms with Gasteiger partial charge in [0.15, 0.2) is 15.8 Å². The van der Waals surface area contributed by atoms with Gasteiger partial charge in [-0.05, 0) is 49.7 Å². The van der Waals surface area contributed by atoms with Gasteiger partial charge in [0.1, 0.15) is 12.4 Å². The lowest BCUT2D eigenvalue weighted by Gasteiger charge is -2.19. The van der Waals surface area contributed by atoms with Gasteiger partial charge in [0.25, 0.3) is 0 Å². The Hall–Kier alpha value is -1.52. The summed E-state index contributed by atoms with van der Waals surface area (Å²) in [5.41, 5.74) is 0.997. The van der Waals surface area contributed by atoms with E-state index in [1.54, 1.807) is 12.1 Å².